The predicted octanol–water partition coefficient (Wildman–Crippen LogP) is 3.98. The molecular weight excluding hydrogens is 340 g/mol. The van der Waals surface area contributed by atoms with Crippen molar-refractivity contribution < 1.29 is 9.72 Å². The molecule has 0 radical (unpaired) electrons. The molecule has 2 aromatic carbocycles. The molecule has 1 N–H and O–H groups in total. The molecule has 0 atom stereocenters. The average molecular weight is 354 g/mol. The summed E-state index contributed by atoms with van der Waals surface area (Å²) in [7, 11) is 0. The van der Waals surface area contributed by atoms with Gasteiger partial charge in [-0.25, -0.2) is 0 Å². The Balaban J connectivity index is 1.80. The van der Waals surface area contributed by atoms with Gasteiger partial charge in [0.1, 0.15) is 5.01 Å². The number of amides is 1. The van der Waals surface area contributed by atoms with Gasteiger partial charge in [0.2, 0.25) is 5.13 Å². The Labute approximate surface area is 147 Å². The van der Waals surface area contributed by atoms with Gasteiger partial charge in [-0.15, -0.1) is 10.2 Å². The smallest absolute Gasteiger partial charge is 0.273 e. The third kappa shape index (κ3) is 3.69. The zero-order valence-electron chi connectivity index (χ0n) is 13.5. The molecule has 25 heavy (non-hydrogen) atoms. The van der Waals surface area contributed by atoms with E-state index in [4.69, 9.17) is 0 Å². The molecule has 0 aliphatic rings. The number of anilines is 1. The largest absolute Gasteiger partial charge is 0.296 e. The number of rotatable bonds is 4. The second kappa shape index (κ2) is 6.78. The number of nitro benzene ring substituents is 1. The van der Waals surface area contributed by atoms with Crippen molar-refractivity contribution in [2.45, 2.75) is 13.8 Å². The summed E-state index contributed by atoms with van der Waals surface area (Å²) >= 11 is 1.24. The lowest BCUT2D eigenvalue weighted by Crippen LogP contribution is -2.12. The first-order valence-corrected chi connectivity index (χ1v) is 8.22. The van der Waals surface area contributed by atoms with E-state index in [1.54, 1.807) is 19.1 Å². The molecule has 0 fully saturated rings. The highest BCUT2D eigenvalue weighted by atomic mass is 32.1. The molecule has 0 bridgehead atoms. The van der Waals surface area contributed by atoms with Crippen molar-refractivity contribution in [3.63, 3.8) is 0 Å². The molecule has 0 aliphatic heterocycles. The standard InChI is InChI=1S/C17H14N4O3S/c1-10-4-3-5-13(8-10)16-19-20-17(25-16)18-15(22)12-7-6-11(2)14(9-12)21(23)24/h3-9H,1-2H3,(H,18,20,22). The summed E-state index contributed by atoms with van der Waals surface area (Å²) < 4.78 is 0. The van der Waals surface area contributed by atoms with E-state index < -0.39 is 10.8 Å². The molecule has 0 unspecified atom stereocenters. The molecule has 0 saturated heterocycles. The normalized spacial score (nSPS) is 10.5. The first-order chi connectivity index (χ1) is 11.9. The summed E-state index contributed by atoms with van der Waals surface area (Å²) in [4.78, 5) is 22.8. The number of hydrogen-bond acceptors (Lipinski definition) is 6. The van der Waals surface area contributed by atoms with E-state index in [9.17, 15) is 14.9 Å². The minimum absolute atomic E-state index is 0.0923. The van der Waals surface area contributed by atoms with E-state index in [1.165, 1.54) is 17.4 Å². The van der Waals surface area contributed by atoms with E-state index in [1.807, 2.05) is 31.2 Å². The number of benzene rings is 2. The lowest BCUT2D eigenvalue weighted by Gasteiger charge is -2.03. The third-order valence-electron chi connectivity index (χ3n) is 3.58. The lowest BCUT2D eigenvalue weighted by molar-refractivity contribution is -0.385. The summed E-state index contributed by atoms with van der Waals surface area (Å²) in [6.07, 6.45) is 0. The molecule has 126 valence electrons. The number of nitrogens with zero attached hydrogens (tertiary/aromatic N) is 3. The van der Waals surface area contributed by atoms with Crippen LogP contribution in [0.25, 0.3) is 10.6 Å². The van der Waals surface area contributed by atoms with Gasteiger partial charge in [-0.05, 0) is 26.0 Å². The predicted molar refractivity (Wildman–Crippen MR) is 95.9 cm³/mol. The highest BCUT2D eigenvalue weighted by Crippen LogP contribution is 2.27. The maximum atomic E-state index is 12.3. The van der Waals surface area contributed by atoms with Crippen LogP contribution in [0.1, 0.15) is 21.5 Å². The molecule has 3 aromatic rings. The number of aromatic nitrogens is 2. The summed E-state index contributed by atoms with van der Waals surface area (Å²) in [5, 5.41) is 22.7. The SMILES string of the molecule is Cc1cccc(-c2nnc(NC(=O)c3ccc(C)c([N+](=O)[O-])c3)s2)c1. The summed E-state index contributed by atoms with van der Waals surface area (Å²) in [6, 6.07) is 12.2. The van der Waals surface area contributed by atoms with E-state index in [0.717, 1.165) is 11.1 Å². The average Bonchev–Trinajstić information content (AvgIpc) is 3.03. The maximum Gasteiger partial charge on any atom is 0.273 e. The van der Waals surface area contributed by atoms with E-state index >= 15 is 0 Å². The van der Waals surface area contributed by atoms with Crippen LogP contribution in [0.4, 0.5) is 10.8 Å². The van der Waals surface area contributed by atoms with Gasteiger partial charge in [0.25, 0.3) is 11.6 Å². The molecule has 1 aromatic heterocycles. The Kier molecular flexibility index (Phi) is 4.53. The third-order valence-corrected chi connectivity index (χ3v) is 4.47. The molecule has 0 aliphatic carbocycles. The van der Waals surface area contributed by atoms with Crippen LogP contribution in [-0.4, -0.2) is 21.0 Å². The molecule has 3 rings (SSSR count). The molecule has 1 heterocycles. The number of carbonyl (C=O) groups is 1. The summed E-state index contributed by atoms with van der Waals surface area (Å²) in [5.74, 6) is -0.463. The van der Waals surface area contributed by atoms with E-state index in [2.05, 4.69) is 15.5 Å². The minimum Gasteiger partial charge on any atom is -0.296 e. The fourth-order valence-electron chi connectivity index (χ4n) is 2.29. The zero-order chi connectivity index (χ0) is 18.0. The van der Waals surface area contributed by atoms with Gasteiger partial charge in [-0.2, -0.15) is 0 Å². The monoisotopic (exact) mass is 354 g/mol. The van der Waals surface area contributed by atoms with Gasteiger partial charge >= 0.3 is 0 Å². The number of aryl methyl sites for hydroxylation is 2. The maximum absolute atomic E-state index is 12.3. The van der Waals surface area contributed by atoms with Crippen LogP contribution in [0.5, 0.6) is 0 Å². The first-order valence-electron chi connectivity index (χ1n) is 7.41. The molecule has 8 heteroatoms. The van der Waals surface area contributed by atoms with E-state index in [0.29, 0.717) is 15.7 Å². The lowest BCUT2D eigenvalue weighted by atomic mass is 10.1. The molecule has 1 amide bonds. The van der Waals surface area contributed by atoms with Crippen molar-refractivity contribution in [3.8, 4) is 10.6 Å². The number of carbonyl (C=O) groups excluding carboxylic acids is 1. The molecule has 0 saturated carbocycles. The van der Waals surface area contributed by atoms with Crippen LogP contribution in [0.2, 0.25) is 0 Å². The second-order valence-corrected chi connectivity index (χ2v) is 6.47. The van der Waals surface area contributed by atoms with Gasteiger partial charge < -0.3 is 0 Å². The van der Waals surface area contributed by atoms with Crippen LogP contribution in [0, 0.1) is 24.0 Å². The molecular formula is C17H14N4O3S. The van der Waals surface area contributed by atoms with Crippen molar-refractivity contribution >= 4 is 28.1 Å². The Morgan fingerprint density at radius 2 is 1.96 bits per heavy atom. The van der Waals surface area contributed by atoms with Crippen LogP contribution < -0.4 is 5.32 Å². The van der Waals surface area contributed by atoms with Gasteiger partial charge in [-0.1, -0.05) is 41.2 Å². The zero-order valence-corrected chi connectivity index (χ0v) is 14.3. The minimum atomic E-state index is -0.507. The van der Waals surface area contributed by atoms with Gasteiger partial charge in [0.05, 0.1) is 4.92 Å². The van der Waals surface area contributed by atoms with Crippen LogP contribution in [-0.2, 0) is 0 Å². The Morgan fingerprint density at radius 3 is 2.68 bits per heavy atom. The first kappa shape index (κ1) is 16.7. The quantitative estimate of drug-likeness (QED) is 0.564. The summed E-state index contributed by atoms with van der Waals surface area (Å²) in [5.41, 5.74) is 2.63. The topological polar surface area (TPSA) is 98.0 Å². The van der Waals surface area contributed by atoms with Crippen molar-refractivity contribution in [2.24, 2.45) is 0 Å². The Morgan fingerprint density at radius 1 is 1.16 bits per heavy atom. The Hall–Kier alpha value is -3.13. The van der Waals surface area contributed by atoms with Crippen LogP contribution in [0.3, 0.4) is 0 Å². The van der Waals surface area contributed by atoms with Crippen molar-refractivity contribution in [1.82, 2.24) is 10.2 Å². The van der Waals surface area contributed by atoms with Gasteiger partial charge in [0.15, 0.2) is 0 Å². The van der Waals surface area contributed by atoms with Crippen molar-refractivity contribution in [3.05, 3.63) is 69.3 Å². The highest BCUT2D eigenvalue weighted by molar-refractivity contribution is 7.18. The number of hydrogen-bond donors (Lipinski definition) is 1. The highest BCUT2D eigenvalue weighted by Gasteiger charge is 2.16. The van der Waals surface area contributed by atoms with Crippen LogP contribution >= 0.6 is 11.3 Å². The molecule has 0 spiro atoms. The van der Waals surface area contributed by atoms with Crippen LogP contribution in [0.15, 0.2) is 42.5 Å². The Bertz CT molecular complexity index is 968. The van der Waals surface area contributed by atoms with Crippen molar-refractivity contribution in [1.29, 1.82) is 0 Å². The van der Waals surface area contributed by atoms with E-state index in [-0.39, 0.29) is 11.3 Å². The fourth-order valence-corrected chi connectivity index (χ4v) is 3.02. The van der Waals surface area contributed by atoms with Gasteiger partial charge in [-0.3, -0.25) is 20.2 Å². The van der Waals surface area contributed by atoms with Crippen molar-refractivity contribution in [2.75, 3.05) is 5.32 Å². The second-order valence-electron chi connectivity index (χ2n) is 5.49. The fraction of sp³-hybridized carbons (Fsp3) is 0.118. The number of nitro groups is 1. The van der Waals surface area contributed by atoms with Gasteiger partial charge in [0, 0.05) is 22.8 Å². The summed E-state index contributed by atoms with van der Waals surface area (Å²) in [6.45, 7) is 3.61. The molecule has 7 nitrogen and oxygen atoms in total. The number of nitrogens with one attached hydrogen (secondary N) is 1.